The van der Waals surface area contributed by atoms with Crippen LogP contribution in [0.25, 0.3) is 22.3 Å². The fraction of sp³-hybridized carbons (Fsp3) is 0.0833. The third-order valence-electron chi connectivity index (χ3n) is 2.65. The Hall–Kier alpha value is -1.94. The van der Waals surface area contributed by atoms with Gasteiger partial charge in [-0.25, -0.2) is 4.98 Å². The Balaban J connectivity index is 2.33. The average molecular weight is 245 g/mol. The van der Waals surface area contributed by atoms with Crippen LogP contribution in [-0.4, -0.2) is 20.2 Å². The summed E-state index contributed by atoms with van der Waals surface area (Å²) in [6, 6.07) is 8.01. The highest BCUT2D eigenvalue weighted by atomic mass is 35.5. The van der Waals surface area contributed by atoms with Gasteiger partial charge in [-0.05, 0) is 13.0 Å². The second-order valence-corrected chi connectivity index (χ2v) is 4.16. The summed E-state index contributed by atoms with van der Waals surface area (Å²) in [6.45, 7) is 1.99. The van der Waals surface area contributed by atoms with Crippen LogP contribution in [0.2, 0.25) is 5.15 Å². The van der Waals surface area contributed by atoms with Gasteiger partial charge in [-0.2, -0.15) is 5.10 Å². The molecule has 2 heterocycles. The van der Waals surface area contributed by atoms with Crippen LogP contribution in [0.5, 0.6) is 0 Å². The van der Waals surface area contributed by atoms with Crippen molar-refractivity contribution in [1.29, 1.82) is 0 Å². The number of rotatable bonds is 1. The van der Waals surface area contributed by atoms with Gasteiger partial charge in [0.1, 0.15) is 0 Å². The number of benzene rings is 1. The normalized spacial score (nSPS) is 10.9. The zero-order chi connectivity index (χ0) is 11.8. The maximum atomic E-state index is 5.84. The number of fused-ring (bicyclic) bond motifs is 1. The van der Waals surface area contributed by atoms with Crippen LogP contribution >= 0.6 is 11.6 Å². The number of para-hydroxylation sites is 1. The smallest absolute Gasteiger partial charge is 0.185 e. The van der Waals surface area contributed by atoms with Crippen molar-refractivity contribution < 1.29 is 0 Å². The van der Waals surface area contributed by atoms with Gasteiger partial charge < -0.3 is 4.98 Å². The molecule has 1 N–H and O–H groups in total. The summed E-state index contributed by atoms with van der Waals surface area (Å²) in [5, 5.41) is 9.28. The van der Waals surface area contributed by atoms with Crippen LogP contribution in [0.15, 0.2) is 30.5 Å². The number of aromatic amines is 1. The van der Waals surface area contributed by atoms with Gasteiger partial charge >= 0.3 is 0 Å². The number of aryl methyl sites for hydroxylation is 1. The molecule has 2 aromatic heterocycles. The molecule has 17 heavy (non-hydrogen) atoms. The van der Waals surface area contributed by atoms with E-state index in [1.165, 1.54) is 6.20 Å². The first kappa shape index (κ1) is 10.2. The van der Waals surface area contributed by atoms with Crippen molar-refractivity contribution in [3.05, 3.63) is 41.3 Å². The lowest BCUT2D eigenvalue weighted by molar-refractivity contribution is 0.979. The predicted octanol–water partition coefficient (Wildman–Crippen LogP) is 2.98. The van der Waals surface area contributed by atoms with Gasteiger partial charge in [0, 0.05) is 22.2 Å². The average Bonchev–Trinajstić information content (AvgIpc) is 2.64. The van der Waals surface area contributed by atoms with Crippen molar-refractivity contribution in [1.82, 2.24) is 20.2 Å². The van der Waals surface area contributed by atoms with Gasteiger partial charge in [-0.15, -0.1) is 5.10 Å². The minimum Gasteiger partial charge on any atom is -0.358 e. The highest BCUT2D eigenvalue weighted by molar-refractivity contribution is 6.29. The number of hydrogen-bond donors (Lipinski definition) is 1. The van der Waals surface area contributed by atoms with Crippen LogP contribution < -0.4 is 0 Å². The number of halogens is 1. The number of nitrogens with zero attached hydrogens (tertiary/aromatic N) is 3. The zero-order valence-electron chi connectivity index (χ0n) is 9.11. The largest absolute Gasteiger partial charge is 0.358 e. The molecule has 3 aromatic rings. The van der Waals surface area contributed by atoms with E-state index >= 15 is 0 Å². The zero-order valence-corrected chi connectivity index (χ0v) is 9.86. The molecule has 0 saturated carbocycles. The molecule has 0 atom stereocenters. The fourth-order valence-electron chi connectivity index (χ4n) is 1.95. The van der Waals surface area contributed by atoms with Crippen LogP contribution in [0.4, 0.5) is 0 Å². The second-order valence-electron chi connectivity index (χ2n) is 3.77. The van der Waals surface area contributed by atoms with Gasteiger partial charge in [0.15, 0.2) is 11.0 Å². The Morgan fingerprint density at radius 2 is 2.06 bits per heavy atom. The molecule has 5 heteroatoms. The molecular formula is C12H9ClN4. The predicted molar refractivity (Wildman–Crippen MR) is 66.9 cm³/mol. The molecule has 0 aliphatic carbocycles. The summed E-state index contributed by atoms with van der Waals surface area (Å²) in [5.41, 5.74) is 3.02. The Bertz CT molecular complexity index is 690. The van der Waals surface area contributed by atoms with Crippen molar-refractivity contribution >= 4 is 22.5 Å². The SMILES string of the molecule is Cc1[nH]c2ccccc2c1-c1nncc(Cl)n1. The molecule has 0 fully saturated rings. The monoisotopic (exact) mass is 244 g/mol. The number of hydrogen-bond acceptors (Lipinski definition) is 3. The third kappa shape index (κ3) is 1.66. The Labute approximate surface area is 103 Å². The molecular weight excluding hydrogens is 236 g/mol. The van der Waals surface area contributed by atoms with E-state index in [1.54, 1.807) is 0 Å². The molecule has 0 saturated heterocycles. The minimum atomic E-state index is 0.347. The summed E-state index contributed by atoms with van der Waals surface area (Å²) in [7, 11) is 0. The van der Waals surface area contributed by atoms with Crippen molar-refractivity contribution in [2.75, 3.05) is 0 Å². The molecule has 0 unspecified atom stereocenters. The van der Waals surface area contributed by atoms with Crippen molar-refractivity contribution in [3.8, 4) is 11.4 Å². The molecule has 84 valence electrons. The molecule has 0 spiro atoms. The minimum absolute atomic E-state index is 0.347. The van der Waals surface area contributed by atoms with E-state index in [0.717, 1.165) is 22.2 Å². The van der Waals surface area contributed by atoms with Crippen LogP contribution in [-0.2, 0) is 0 Å². The van der Waals surface area contributed by atoms with E-state index in [9.17, 15) is 0 Å². The standard InChI is InChI=1S/C12H9ClN4/c1-7-11(12-16-10(13)6-14-17-12)8-4-2-3-5-9(8)15-7/h2-6,15H,1H3. The van der Waals surface area contributed by atoms with E-state index in [1.807, 2.05) is 31.2 Å². The Morgan fingerprint density at radius 1 is 1.24 bits per heavy atom. The second kappa shape index (κ2) is 3.82. The van der Waals surface area contributed by atoms with E-state index in [0.29, 0.717) is 11.0 Å². The summed E-state index contributed by atoms with van der Waals surface area (Å²) in [5.74, 6) is 0.549. The quantitative estimate of drug-likeness (QED) is 0.716. The lowest BCUT2D eigenvalue weighted by Crippen LogP contribution is -1.92. The molecule has 0 bridgehead atoms. The van der Waals surface area contributed by atoms with Crippen LogP contribution in [0.1, 0.15) is 5.69 Å². The van der Waals surface area contributed by atoms with E-state index in [2.05, 4.69) is 20.2 Å². The van der Waals surface area contributed by atoms with Crippen LogP contribution in [0.3, 0.4) is 0 Å². The molecule has 0 amide bonds. The fourth-order valence-corrected chi connectivity index (χ4v) is 2.08. The highest BCUT2D eigenvalue weighted by Crippen LogP contribution is 2.29. The first-order valence-electron chi connectivity index (χ1n) is 5.18. The lowest BCUT2D eigenvalue weighted by atomic mass is 10.1. The molecule has 1 aromatic carbocycles. The molecule has 4 nitrogen and oxygen atoms in total. The van der Waals surface area contributed by atoms with E-state index in [-0.39, 0.29) is 0 Å². The number of aromatic nitrogens is 4. The maximum Gasteiger partial charge on any atom is 0.185 e. The summed E-state index contributed by atoms with van der Waals surface area (Å²) in [6.07, 6.45) is 1.43. The van der Waals surface area contributed by atoms with E-state index < -0.39 is 0 Å². The van der Waals surface area contributed by atoms with Gasteiger partial charge in [0.25, 0.3) is 0 Å². The van der Waals surface area contributed by atoms with Gasteiger partial charge in [-0.3, -0.25) is 0 Å². The van der Waals surface area contributed by atoms with E-state index in [4.69, 9.17) is 11.6 Å². The Morgan fingerprint density at radius 3 is 2.88 bits per heavy atom. The third-order valence-corrected chi connectivity index (χ3v) is 2.83. The molecule has 0 aliphatic heterocycles. The molecule has 0 radical (unpaired) electrons. The Kier molecular flexibility index (Phi) is 2.30. The molecule has 3 rings (SSSR count). The first-order valence-corrected chi connectivity index (χ1v) is 5.56. The summed E-state index contributed by atoms with van der Waals surface area (Å²) < 4.78 is 0. The van der Waals surface area contributed by atoms with Crippen molar-refractivity contribution in [2.45, 2.75) is 6.92 Å². The number of nitrogens with one attached hydrogen (secondary N) is 1. The number of H-pyrrole nitrogens is 1. The van der Waals surface area contributed by atoms with Gasteiger partial charge in [-0.1, -0.05) is 29.8 Å². The summed E-state index contributed by atoms with van der Waals surface area (Å²) >= 11 is 5.84. The highest BCUT2D eigenvalue weighted by Gasteiger charge is 2.13. The summed E-state index contributed by atoms with van der Waals surface area (Å²) in [4.78, 5) is 7.49. The van der Waals surface area contributed by atoms with Gasteiger partial charge in [0.05, 0.1) is 6.20 Å². The first-order chi connectivity index (χ1) is 8.25. The molecule has 0 aliphatic rings. The van der Waals surface area contributed by atoms with Gasteiger partial charge in [0.2, 0.25) is 0 Å². The van der Waals surface area contributed by atoms with Crippen molar-refractivity contribution in [3.63, 3.8) is 0 Å². The lowest BCUT2D eigenvalue weighted by Gasteiger charge is -1.98. The topological polar surface area (TPSA) is 54.5 Å². The van der Waals surface area contributed by atoms with Crippen molar-refractivity contribution in [2.24, 2.45) is 0 Å². The van der Waals surface area contributed by atoms with Crippen LogP contribution in [0, 0.1) is 6.92 Å². The maximum absolute atomic E-state index is 5.84.